The minimum atomic E-state index is -0.0145. The van der Waals surface area contributed by atoms with E-state index in [0.29, 0.717) is 12.5 Å². The molecular weight excluding hydrogens is 332 g/mol. The van der Waals surface area contributed by atoms with Gasteiger partial charge in [-0.2, -0.15) is 5.10 Å². The average Bonchev–Trinajstić information content (AvgIpc) is 3.20. The molecule has 1 saturated heterocycles. The van der Waals surface area contributed by atoms with Gasteiger partial charge in [0.2, 0.25) is 5.91 Å². The Morgan fingerprint density at radius 3 is 2.81 bits per heavy atom. The molecule has 1 aromatic carbocycles. The summed E-state index contributed by atoms with van der Waals surface area (Å²) >= 11 is 0. The second-order valence-corrected chi connectivity index (χ2v) is 6.68. The SMILES string of the molecule is COc1ccc(OC)c(C2CCN(CC(=O)Nc3cn(C)nc3C)C2)c1. The van der Waals surface area contributed by atoms with Crippen LogP contribution in [0.15, 0.2) is 24.4 Å². The first kappa shape index (κ1) is 18.3. The van der Waals surface area contributed by atoms with Crippen LogP contribution in [0.4, 0.5) is 5.69 Å². The van der Waals surface area contributed by atoms with Gasteiger partial charge in [-0.05, 0) is 38.1 Å². The topological polar surface area (TPSA) is 68.6 Å². The number of anilines is 1. The van der Waals surface area contributed by atoms with Crippen molar-refractivity contribution in [2.45, 2.75) is 19.3 Å². The van der Waals surface area contributed by atoms with E-state index in [1.54, 1.807) is 18.9 Å². The quantitative estimate of drug-likeness (QED) is 0.857. The molecule has 1 fully saturated rings. The number of amides is 1. The van der Waals surface area contributed by atoms with Crippen molar-refractivity contribution >= 4 is 11.6 Å². The Hall–Kier alpha value is -2.54. The summed E-state index contributed by atoms with van der Waals surface area (Å²) in [7, 11) is 5.19. The van der Waals surface area contributed by atoms with Crippen LogP contribution in [0.3, 0.4) is 0 Å². The summed E-state index contributed by atoms with van der Waals surface area (Å²) in [5.74, 6) is 2.00. The van der Waals surface area contributed by atoms with Crippen LogP contribution in [0, 0.1) is 6.92 Å². The Bertz CT molecular complexity index is 787. The maximum absolute atomic E-state index is 12.4. The zero-order valence-electron chi connectivity index (χ0n) is 15.8. The maximum atomic E-state index is 12.4. The Kier molecular flexibility index (Phi) is 5.46. The van der Waals surface area contributed by atoms with Gasteiger partial charge in [0.05, 0.1) is 32.1 Å². The molecule has 1 aromatic heterocycles. The van der Waals surface area contributed by atoms with Crippen LogP contribution in [0.25, 0.3) is 0 Å². The summed E-state index contributed by atoms with van der Waals surface area (Å²) in [6.07, 6.45) is 2.81. The summed E-state index contributed by atoms with van der Waals surface area (Å²) in [4.78, 5) is 14.5. The molecule has 1 amide bonds. The molecule has 3 rings (SSSR count). The number of ether oxygens (including phenoxy) is 2. The van der Waals surface area contributed by atoms with Gasteiger partial charge in [0, 0.05) is 31.3 Å². The Labute approximate surface area is 153 Å². The number of hydrogen-bond donors (Lipinski definition) is 1. The van der Waals surface area contributed by atoms with Gasteiger partial charge < -0.3 is 14.8 Å². The number of aryl methyl sites for hydroxylation is 2. The molecule has 7 heteroatoms. The molecule has 7 nitrogen and oxygen atoms in total. The largest absolute Gasteiger partial charge is 0.497 e. The van der Waals surface area contributed by atoms with Crippen molar-refractivity contribution in [2.75, 3.05) is 39.2 Å². The first-order valence-electron chi connectivity index (χ1n) is 8.74. The van der Waals surface area contributed by atoms with Crippen molar-refractivity contribution in [1.82, 2.24) is 14.7 Å². The van der Waals surface area contributed by atoms with Crippen LogP contribution in [0.5, 0.6) is 11.5 Å². The van der Waals surface area contributed by atoms with Crippen LogP contribution in [0.2, 0.25) is 0 Å². The van der Waals surface area contributed by atoms with Gasteiger partial charge in [0.1, 0.15) is 11.5 Å². The standard InChI is InChI=1S/C19H26N4O3/c1-13-17(11-22(2)21-13)20-19(24)12-23-8-7-14(10-23)16-9-15(25-3)5-6-18(16)26-4/h5-6,9,11,14H,7-8,10,12H2,1-4H3,(H,20,24). The van der Waals surface area contributed by atoms with Crippen LogP contribution >= 0.6 is 0 Å². The number of carbonyl (C=O) groups is 1. The Morgan fingerprint density at radius 2 is 2.15 bits per heavy atom. The molecule has 1 unspecified atom stereocenters. The fraction of sp³-hybridized carbons (Fsp3) is 0.474. The zero-order chi connectivity index (χ0) is 18.7. The van der Waals surface area contributed by atoms with Gasteiger partial charge >= 0.3 is 0 Å². The summed E-state index contributed by atoms with van der Waals surface area (Å²) < 4.78 is 12.5. The molecule has 0 saturated carbocycles. The van der Waals surface area contributed by atoms with Crippen molar-refractivity contribution in [1.29, 1.82) is 0 Å². The van der Waals surface area contributed by atoms with Crippen LogP contribution < -0.4 is 14.8 Å². The molecule has 0 bridgehead atoms. The van der Waals surface area contributed by atoms with Gasteiger partial charge in [0.15, 0.2) is 0 Å². The van der Waals surface area contributed by atoms with Crippen molar-refractivity contribution in [3.8, 4) is 11.5 Å². The van der Waals surface area contributed by atoms with E-state index in [1.165, 1.54) is 0 Å². The third kappa shape index (κ3) is 3.99. The fourth-order valence-corrected chi connectivity index (χ4v) is 3.50. The monoisotopic (exact) mass is 358 g/mol. The van der Waals surface area contributed by atoms with E-state index < -0.39 is 0 Å². The van der Waals surface area contributed by atoms with Gasteiger partial charge in [-0.25, -0.2) is 0 Å². The van der Waals surface area contributed by atoms with E-state index in [1.807, 2.05) is 38.4 Å². The lowest BCUT2D eigenvalue weighted by atomic mass is 9.97. The minimum absolute atomic E-state index is 0.0145. The number of nitrogens with zero attached hydrogens (tertiary/aromatic N) is 3. The summed E-state index contributed by atoms with van der Waals surface area (Å²) in [5.41, 5.74) is 2.72. The normalized spacial score (nSPS) is 17.3. The molecule has 1 aliphatic heterocycles. The predicted octanol–water partition coefficient (Wildman–Crippen LogP) is 2.17. The minimum Gasteiger partial charge on any atom is -0.497 e. The first-order valence-corrected chi connectivity index (χ1v) is 8.74. The molecule has 1 N–H and O–H groups in total. The molecule has 1 aliphatic rings. The summed E-state index contributed by atoms with van der Waals surface area (Å²) in [5, 5.41) is 7.19. The van der Waals surface area contributed by atoms with E-state index in [-0.39, 0.29) is 5.91 Å². The number of methoxy groups -OCH3 is 2. The lowest BCUT2D eigenvalue weighted by molar-refractivity contribution is -0.117. The van der Waals surface area contributed by atoms with E-state index in [9.17, 15) is 4.79 Å². The van der Waals surface area contributed by atoms with E-state index in [2.05, 4.69) is 15.3 Å². The maximum Gasteiger partial charge on any atom is 0.238 e. The van der Waals surface area contributed by atoms with Crippen LogP contribution in [-0.4, -0.2) is 54.4 Å². The number of likely N-dealkylation sites (tertiary alicyclic amines) is 1. The smallest absolute Gasteiger partial charge is 0.238 e. The number of aromatic nitrogens is 2. The number of hydrogen-bond acceptors (Lipinski definition) is 5. The molecule has 26 heavy (non-hydrogen) atoms. The second-order valence-electron chi connectivity index (χ2n) is 6.68. The lowest BCUT2D eigenvalue weighted by Gasteiger charge is -2.18. The highest BCUT2D eigenvalue weighted by Gasteiger charge is 2.28. The highest BCUT2D eigenvalue weighted by molar-refractivity contribution is 5.92. The average molecular weight is 358 g/mol. The number of nitrogens with one attached hydrogen (secondary N) is 1. The van der Waals surface area contributed by atoms with Crippen molar-refractivity contribution in [2.24, 2.45) is 7.05 Å². The number of carbonyl (C=O) groups excluding carboxylic acids is 1. The van der Waals surface area contributed by atoms with E-state index in [4.69, 9.17) is 9.47 Å². The highest BCUT2D eigenvalue weighted by atomic mass is 16.5. The molecule has 0 aliphatic carbocycles. The highest BCUT2D eigenvalue weighted by Crippen LogP contribution is 2.35. The third-order valence-electron chi connectivity index (χ3n) is 4.80. The van der Waals surface area contributed by atoms with E-state index >= 15 is 0 Å². The first-order chi connectivity index (χ1) is 12.5. The number of rotatable bonds is 6. The van der Waals surface area contributed by atoms with Gasteiger partial charge in [-0.15, -0.1) is 0 Å². The molecule has 0 radical (unpaired) electrons. The van der Waals surface area contributed by atoms with Crippen molar-refractivity contribution < 1.29 is 14.3 Å². The molecular formula is C19H26N4O3. The van der Waals surface area contributed by atoms with Gasteiger partial charge in [0.25, 0.3) is 0 Å². The Balaban J connectivity index is 1.62. The predicted molar refractivity (Wildman–Crippen MR) is 99.9 cm³/mol. The molecule has 1 atom stereocenters. The third-order valence-corrected chi connectivity index (χ3v) is 4.80. The van der Waals surface area contributed by atoms with Crippen LogP contribution in [0.1, 0.15) is 23.6 Å². The number of benzene rings is 1. The summed E-state index contributed by atoms with van der Waals surface area (Å²) in [6, 6.07) is 5.87. The van der Waals surface area contributed by atoms with Crippen molar-refractivity contribution in [3.05, 3.63) is 35.7 Å². The van der Waals surface area contributed by atoms with Crippen LogP contribution in [-0.2, 0) is 11.8 Å². The molecule has 2 heterocycles. The summed E-state index contributed by atoms with van der Waals surface area (Å²) in [6.45, 7) is 3.96. The molecule has 0 spiro atoms. The fourth-order valence-electron chi connectivity index (χ4n) is 3.50. The zero-order valence-corrected chi connectivity index (χ0v) is 15.8. The van der Waals surface area contributed by atoms with E-state index in [0.717, 1.165) is 48.0 Å². The van der Waals surface area contributed by atoms with Crippen molar-refractivity contribution in [3.63, 3.8) is 0 Å². The molecule has 140 valence electrons. The second kappa shape index (κ2) is 7.78. The van der Waals surface area contributed by atoms with Gasteiger partial charge in [-0.3, -0.25) is 14.4 Å². The lowest BCUT2D eigenvalue weighted by Crippen LogP contribution is -2.31. The molecule has 2 aromatic rings. The Morgan fingerprint density at radius 1 is 1.35 bits per heavy atom. The van der Waals surface area contributed by atoms with Gasteiger partial charge in [-0.1, -0.05) is 0 Å².